The van der Waals surface area contributed by atoms with E-state index in [4.69, 9.17) is 13.9 Å². The van der Waals surface area contributed by atoms with Crippen molar-refractivity contribution in [3.63, 3.8) is 0 Å². The number of aromatic hydroxyl groups is 1. The van der Waals surface area contributed by atoms with Crippen LogP contribution >= 0.6 is 0 Å². The fourth-order valence-corrected chi connectivity index (χ4v) is 3.45. The molecule has 152 valence electrons. The van der Waals surface area contributed by atoms with Gasteiger partial charge in [-0.3, -0.25) is 9.69 Å². The lowest BCUT2D eigenvalue weighted by molar-refractivity contribution is 0.147. The molecule has 0 radical (unpaired) electrons. The van der Waals surface area contributed by atoms with Gasteiger partial charge in [0.2, 0.25) is 11.2 Å². The molecule has 0 bridgehead atoms. The van der Waals surface area contributed by atoms with Gasteiger partial charge in [-0.15, -0.1) is 0 Å². The average molecular weight is 396 g/mol. The van der Waals surface area contributed by atoms with E-state index in [-0.39, 0.29) is 16.9 Å². The quantitative estimate of drug-likeness (QED) is 0.710. The van der Waals surface area contributed by atoms with Crippen LogP contribution in [0.3, 0.4) is 0 Å². The summed E-state index contributed by atoms with van der Waals surface area (Å²) in [5.74, 6) is 1.43. The molecule has 1 aliphatic rings. The van der Waals surface area contributed by atoms with Crippen LogP contribution in [0.2, 0.25) is 0 Å². The van der Waals surface area contributed by atoms with Crippen LogP contribution in [0.1, 0.15) is 5.56 Å². The van der Waals surface area contributed by atoms with E-state index in [0.29, 0.717) is 34.6 Å². The second-order valence-corrected chi connectivity index (χ2v) is 7.23. The Bertz CT molecular complexity index is 1050. The van der Waals surface area contributed by atoms with Crippen molar-refractivity contribution >= 4 is 11.0 Å². The summed E-state index contributed by atoms with van der Waals surface area (Å²) in [6, 6.07) is 10.1. The Kier molecular flexibility index (Phi) is 5.42. The van der Waals surface area contributed by atoms with E-state index >= 15 is 0 Å². The van der Waals surface area contributed by atoms with E-state index in [2.05, 4.69) is 16.8 Å². The van der Waals surface area contributed by atoms with E-state index in [0.717, 1.165) is 26.2 Å². The van der Waals surface area contributed by atoms with Crippen molar-refractivity contribution in [3.8, 4) is 23.0 Å². The number of benzene rings is 2. The molecule has 29 heavy (non-hydrogen) atoms. The van der Waals surface area contributed by atoms with Gasteiger partial charge >= 0.3 is 0 Å². The third-order valence-corrected chi connectivity index (χ3v) is 5.25. The molecule has 4 rings (SSSR count). The van der Waals surface area contributed by atoms with E-state index in [1.807, 2.05) is 0 Å². The SMILES string of the molecule is COc1ccc(Oc2coc3c(CN4CCN(C)CC4)c(O)ccc3c2=O)cc1. The van der Waals surface area contributed by atoms with Crippen LogP contribution in [0.5, 0.6) is 23.0 Å². The zero-order valence-corrected chi connectivity index (χ0v) is 16.6. The number of phenolic OH excluding ortho intramolecular Hbond substituents is 1. The number of nitrogens with zero attached hydrogens (tertiary/aromatic N) is 2. The summed E-state index contributed by atoms with van der Waals surface area (Å²) in [6.45, 7) is 4.26. The first-order valence-electron chi connectivity index (χ1n) is 9.54. The summed E-state index contributed by atoms with van der Waals surface area (Å²) in [7, 11) is 3.68. The second-order valence-electron chi connectivity index (χ2n) is 7.23. The van der Waals surface area contributed by atoms with Crippen molar-refractivity contribution in [2.24, 2.45) is 0 Å². The van der Waals surface area contributed by atoms with Crippen LogP contribution in [0.4, 0.5) is 0 Å². The maximum absolute atomic E-state index is 12.9. The third kappa shape index (κ3) is 4.06. The number of likely N-dealkylation sites (N-methyl/N-ethyl adjacent to an activating group) is 1. The smallest absolute Gasteiger partial charge is 0.235 e. The number of hydrogen-bond acceptors (Lipinski definition) is 7. The first-order valence-corrected chi connectivity index (χ1v) is 9.54. The number of ether oxygens (including phenoxy) is 2. The second kappa shape index (κ2) is 8.14. The molecule has 2 aromatic carbocycles. The Morgan fingerprint density at radius 2 is 1.72 bits per heavy atom. The number of piperazine rings is 1. The third-order valence-electron chi connectivity index (χ3n) is 5.25. The van der Waals surface area contributed by atoms with Gasteiger partial charge in [-0.1, -0.05) is 0 Å². The van der Waals surface area contributed by atoms with Crippen LogP contribution in [0.15, 0.2) is 51.9 Å². The first-order chi connectivity index (χ1) is 14.0. The molecule has 1 N–H and O–H groups in total. The van der Waals surface area contributed by atoms with Gasteiger partial charge in [-0.25, -0.2) is 0 Å². The molecule has 1 aromatic heterocycles. The summed E-state index contributed by atoms with van der Waals surface area (Å²) in [5.41, 5.74) is 0.748. The Morgan fingerprint density at radius 1 is 1.03 bits per heavy atom. The van der Waals surface area contributed by atoms with Crippen LogP contribution in [0.25, 0.3) is 11.0 Å². The molecule has 0 unspecified atom stereocenters. The van der Waals surface area contributed by atoms with E-state index in [1.54, 1.807) is 43.5 Å². The molecule has 1 fully saturated rings. The van der Waals surface area contributed by atoms with Crippen LogP contribution < -0.4 is 14.9 Å². The summed E-state index contributed by atoms with van der Waals surface area (Å²) >= 11 is 0. The van der Waals surface area contributed by atoms with Gasteiger partial charge in [0.05, 0.1) is 18.1 Å². The van der Waals surface area contributed by atoms with Gasteiger partial charge in [0.1, 0.15) is 29.1 Å². The van der Waals surface area contributed by atoms with E-state index in [1.165, 1.54) is 6.26 Å². The molecule has 0 spiro atoms. The minimum Gasteiger partial charge on any atom is -0.507 e. The minimum absolute atomic E-state index is 0.0962. The molecule has 0 atom stereocenters. The van der Waals surface area contributed by atoms with Gasteiger partial charge in [-0.05, 0) is 43.4 Å². The van der Waals surface area contributed by atoms with Crippen molar-refractivity contribution in [1.82, 2.24) is 9.80 Å². The predicted octanol–water partition coefficient (Wildman–Crippen LogP) is 3.05. The lowest BCUT2D eigenvalue weighted by Crippen LogP contribution is -2.43. The van der Waals surface area contributed by atoms with Gasteiger partial charge in [0.25, 0.3) is 0 Å². The maximum atomic E-state index is 12.9. The average Bonchev–Trinajstić information content (AvgIpc) is 2.74. The Morgan fingerprint density at radius 3 is 2.41 bits per heavy atom. The molecule has 1 aliphatic heterocycles. The molecule has 0 saturated carbocycles. The largest absolute Gasteiger partial charge is 0.507 e. The number of fused-ring (bicyclic) bond motifs is 1. The molecule has 1 saturated heterocycles. The van der Waals surface area contributed by atoms with Crippen molar-refractivity contribution < 1.29 is 19.0 Å². The van der Waals surface area contributed by atoms with Crippen molar-refractivity contribution in [2.75, 3.05) is 40.3 Å². The molecule has 2 heterocycles. The fraction of sp³-hybridized carbons (Fsp3) is 0.318. The zero-order valence-electron chi connectivity index (χ0n) is 16.6. The van der Waals surface area contributed by atoms with Crippen molar-refractivity contribution in [1.29, 1.82) is 0 Å². The van der Waals surface area contributed by atoms with E-state index < -0.39 is 0 Å². The van der Waals surface area contributed by atoms with Gasteiger partial charge in [0, 0.05) is 32.7 Å². The highest BCUT2D eigenvalue weighted by Gasteiger charge is 2.20. The molecular formula is C22H24N2O5. The van der Waals surface area contributed by atoms with Gasteiger partial charge in [-0.2, -0.15) is 0 Å². The summed E-state index contributed by atoms with van der Waals surface area (Å²) in [6.07, 6.45) is 1.31. The molecule has 0 amide bonds. The summed E-state index contributed by atoms with van der Waals surface area (Å²) < 4.78 is 16.6. The van der Waals surface area contributed by atoms with Crippen LogP contribution in [-0.2, 0) is 6.54 Å². The highest BCUT2D eigenvalue weighted by Crippen LogP contribution is 2.30. The highest BCUT2D eigenvalue weighted by atomic mass is 16.5. The van der Waals surface area contributed by atoms with Crippen LogP contribution in [-0.4, -0.2) is 55.2 Å². The zero-order chi connectivity index (χ0) is 20.4. The Labute approximate surface area is 168 Å². The van der Waals surface area contributed by atoms with E-state index in [9.17, 15) is 9.90 Å². The standard InChI is InChI=1S/C22H24N2O5/c1-23-9-11-24(12-10-23)13-18-19(25)8-7-17-21(26)20(14-28-22(17)18)29-16-5-3-15(27-2)4-6-16/h3-8,14,25H,9-13H2,1-2H3. The lowest BCUT2D eigenvalue weighted by atomic mass is 10.1. The lowest BCUT2D eigenvalue weighted by Gasteiger charge is -2.32. The summed E-state index contributed by atoms with van der Waals surface area (Å²) in [4.78, 5) is 17.5. The molecule has 0 aliphatic carbocycles. The molecule has 3 aromatic rings. The minimum atomic E-state index is -0.276. The number of methoxy groups -OCH3 is 1. The fourth-order valence-electron chi connectivity index (χ4n) is 3.45. The van der Waals surface area contributed by atoms with Gasteiger partial charge in [0.15, 0.2) is 0 Å². The maximum Gasteiger partial charge on any atom is 0.235 e. The normalized spacial score (nSPS) is 15.5. The predicted molar refractivity (Wildman–Crippen MR) is 110 cm³/mol. The first kappa shape index (κ1) is 19.3. The summed E-state index contributed by atoms with van der Waals surface area (Å²) in [5, 5.41) is 10.8. The number of phenols is 1. The Hall–Kier alpha value is -3.03. The number of hydrogen-bond donors (Lipinski definition) is 1. The number of rotatable bonds is 5. The monoisotopic (exact) mass is 396 g/mol. The van der Waals surface area contributed by atoms with Crippen molar-refractivity contribution in [2.45, 2.75) is 6.54 Å². The van der Waals surface area contributed by atoms with Crippen molar-refractivity contribution in [3.05, 3.63) is 58.4 Å². The Balaban J connectivity index is 1.64. The molecule has 7 heteroatoms. The topological polar surface area (TPSA) is 75.4 Å². The van der Waals surface area contributed by atoms with Gasteiger partial charge < -0.3 is 23.9 Å². The molecular weight excluding hydrogens is 372 g/mol. The molecule has 7 nitrogen and oxygen atoms in total. The van der Waals surface area contributed by atoms with Crippen LogP contribution in [0, 0.1) is 0 Å². The highest BCUT2D eigenvalue weighted by molar-refractivity contribution is 5.83.